The fraction of sp³-hybridized carbons (Fsp3) is 0.294. The van der Waals surface area contributed by atoms with Crippen molar-refractivity contribution < 1.29 is 19.4 Å². The van der Waals surface area contributed by atoms with Crippen LogP contribution in [-0.2, 0) is 14.3 Å². The highest BCUT2D eigenvalue weighted by molar-refractivity contribution is 6.14. The lowest BCUT2D eigenvalue weighted by molar-refractivity contribution is -0.142. The average Bonchev–Trinajstić information content (AvgIpc) is 2.95. The molecule has 1 aromatic rings. The van der Waals surface area contributed by atoms with Crippen molar-refractivity contribution in [1.82, 2.24) is 4.90 Å². The number of hydrogen-bond acceptors (Lipinski definition) is 5. The zero-order valence-corrected chi connectivity index (χ0v) is 13.4. The summed E-state index contributed by atoms with van der Waals surface area (Å²) in [4.78, 5) is 28.9. The van der Waals surface area contributed by atoms with E-state index in [-0.39, 0.29) is 24.5 Å². The van der Waals surface area contributed by atoms with E-state index in [4.69, 9.17) is 5.41 Å². The summed E-state index contributed by atoms with van der Waals surface area (Å²) in [5.74, 6) is -0.119. The molecule has 2 N–H and O–H groups in total. The summed E-state index contributed by atoms with van der Waals surface area (Å²) in [6.45, 7) is 0.442. The topological polar surface area (TPSA) is 103 Å². The molecular formula is C17H19N3O4. The van der Waals surface area contributed by atoms with Crippen LogP contribution in [0.3, 0.4) is 0 Å². The minimum absolute atomic E-state index is 0.00923. The van der Waals surface area contributed by atoms with Crippen molar-refractivity contribution >= 4 is 30.1 Å². The van der Waals surface area contributed by atoms with Crippen LogP contribution in [0.1, 0.15) is 24.8 Å². The number of aromatic hydroxyl groups is 1. The highest BCUT2D eigenvalue weighted by Gasteiger charge is 2.29. The normalized spacial score (nSPS) is 17.3. The summed E-state index contributed by atoms with van der Waals surface area (Å²) in [5.41, 5.74) is 1.59. The number of methoxy groups -OCH3 is 1. The quantitative estimate of drug-likeness (QED) is 0.489. The van der Waals surface area contributed by atoms with Crippen LogP contribution in [0.15, 0.2) is 34.8 Å². The number of aliphatic imine (C=N–C) groups is 1. The van der Waals surface area contributed by atoms with Crippen LogP contribution in [0.4, 0.5) is 0 Å². The van der Waals surface area contributed by atoms with Crippen LogP contribution in [0.25, 0.3) is 6.08 Å². The van der Waals surface area contributed by atoms with E-state index >= 15 is 0 Å². The van der Waals surface area contributed by atoms with Gasteiger partial charge in [-0.2, -0.15) is 0 Å². The van der Waals surface area contributed by atoms with Gasteiger partial charge in [-0.05, 0) is 35.8 Å². The van der Waals surface area contributed by atoms with E-state index in [1.54, 1.807) is 18.2 Å². The maximum atomic E-state index is 12.3. The van der Waals surface area contributed by atoms with Crippen molar-refractivity contribution in [3.8, 4) is 5.75 Å². The molecule has 24 heavy (non-hydrogen) atoms. The summed E-state index contributed by atoms with van der Waals surface area (Å²) in [5, 5.41) is 16.7. The first-order valence-electron chi connectivity index (χ1n) is 7.49. The third-order valence-corrected chi connectivity index (χ3v) is 3.62. The van der Waals surface area contributed by atoms with Crippen molar-refractivity contribution in [3.63, 3.8) is 0 Å². The highest BCUT2D eigenvalue weighted by atomic mass is 16.5. The molecule has 7 nitrogen and oxygen atoms in total. The number of nitrogens with zero attached hydrogens (tertiary/aromatic N) is 2. The molecule has 1 aliphatic rings. The average molecular weight is 329 g/mol. The molecule has 0 unspecified atom stereocenters. The lowest BCUT2D eigenvalue weighted by atomic mass is 10.1. The third kappa shape index (κ3) is 4.28. The number of amidine groups is 1. The van der Waals surface area contributed by atoms with Gasteiger partial charge in [-0.25, -0.2) is 4.99 Å². The molecule has 1 saturated heterocycles. The number of ether oxygens (including phenoxy) is 1. The summed E-state index contributed by atoms with van der Waals surface area (Å²) in [6.07, 6.45) is 3.35. The second-order valence-corrected chi connectivity index (χ2v) is 5.22. The predicted molar refractivity (Wildman–Crippen MR) is 89.9 cm³/mol. The van der Waals surface area contributed by atoms with E-state index in [1.807, 2.05) is 12.1 Å². The number of carbonyl (C=O) groups is 2. The van der Waals surface area contributed by atoms with Gasteiger partial charge in [0.2, 0.25) is 5.91 Å². The van der Waals surface area contributed by atoms with Gasteiger partial charge >= 0.3 is 5.97 Å². The van der Waals surface area contributed by atoms with Gasteiger partial charge in [0, 0.05) is 13.0 Å². The second kappa shape index (κ2) is 8.05. The Kier molecular flexibility index (Phi) is 5.83. The molecule has 1 amide bonds. The van der Waals surface area contributed by atoms with Crippen LogP contribution in [0.2, 0.25) is 0 Å². The maximum Gasteiger partial charge on any atom is 0.306 e. The lowest BCUT2D eigenvalue weighted by Gasteiger charge is -2.16. The first-order chi connectivity index (χ1) is 11.5. The zero-order chi connectivity index (χ0) is 17.5. The SMILES string of the molecule is COC(=O)CCC(=O)N1CCC(=Cc2cccc(O)c2)C1=NC=N. The molecule has 126 valence electrons. The molecule has 0 atom stereocenters. The van der Waals surface area contributed by atoms with Crippen molar-refractivity contribution in [3.05, 3.63) is 35.4 Å². The number of esters is 1. The monoisotopic (exact) mass is 329 g/mol. The number of nitrogens with one attached hydrogen (secondary N) is 1. The smallest absolute Gasteiger partial charge is 0.306 e. The Hall–Kier alpha value is -2.96. The molecular weight excluding hydrogens is 310 g/mol. The zero-order valence-electron chi connectivity index (χ0n) is 13.4. The molecule has 0 radical (unpaired) electrons. The number of carbonyl (C=O) groups excluding carboxylic acids is 2. The molecule has 0 aromatic heterocycles. The molecule has 0 aliphatic carbocycles. The van der Waals surface area contributed by atoms with Crippen LogP contribution in [0.5, 0.6) is 5.75 Å². The second-order valence-electron chi connectivity index (χ2n) is 5.22. The van der Waals surface area contributed by atoms with Gasteiger partial charge in [0.15, 0.2) is 0 Å². The Labute approximate surface area is 139 Å². The minimum atomic E-state index is -0.441. The number of phenols is 1. The summed E-state index contributed by atoms with van der Waals surface area (Å²) in [7, 11) is 1.28. The maximum absolute atomic E-state index is 12.3. The summed E-state index contributed by atoms with van der Waals surface area (Å²) >= 11 is 0. The Bertz CT molecular complexity index is 710. The molecule has 1 aliphatic heterocycles. The van der Waals surface area contributed by atoms with Crippen molar-refractivity contribution in [2.24, 2.45) is 4.99 Å². The molecule has 0 spiro atoms. The number of hydrogen-bond donors (Lipinski definition) is 2. The summed E-state index contributed by atoms with van der Waals surface area (Å²) in [6, 6.07) is 6.74. The van der Waals surface area contributed by atoms with Crippen molar-refractivity contribution in [1.29, 1.82) is 5.41 Å². The Balaban J connectivity index is 2.18. The van der Waals surface area contributed by atoms with Gasteiger partial charge in [-0.15, -0.1) is 0 Å². The van der Waals surface area contributed by atoms with E-state index in [9.17, 15) is 14.7 Å². The number of likely N-dealkylation sites (tertiary alicyclic amines) is 1. The van der Waals surface area contributed by atoms with E-state index in [2.05, 4.69) is 9.73 Å². The number of amides is 1. The van der Waals surface area contributed by atoms with Crippen LogP contribution < -0.4 is 0 Å². The van der Waals surface area contributed by atoms with Crippen molar-refractivity contribution in [2.75, 3.05) is 13.7 Å². The van der Waals surface area contributed by atoms with Gasteiger partial charge < -0.3 is 9.84 Å². The Morgan fingerprint density at radius 3 is 2.88 bits per heavy atom. The number of benzene rings is 1. The Morgan fingerprint density at radius 2 is 2.21 bits per heavy atom. The van der Waals surface area contributed by atoms with Gasteiger partial charge in [0.25, 0.3) is 0 Å². The van der Waals surface area contributed by atoms with E-state index in [0.717, 1.165) is 17.5 Å². The van der Waals surface area contributed by atoms with Crippen molar-refractivity contribution in [2.45, 2.75) is 19.3 Å². The highest BCUT2D eigenvalue weighted by Crippen LogP contribution is 2.24. The molecule has 1 heterocycles. The van der Waals surface area contributed by atoms with Crippen LogP contribution >= 0.6 is 0 Å². The van der Waals surface area contributed by atoms with E-state index in [1.165, 1.54) is 12.0 Å². The van der Waals surface area contributed by atoms with E-state index < -0.39 is 5.97 Å². The molecule has 7 heteroatoms. The van der Waals surface area contributed by atoms with Gasteiger partial charge in [-0.1, -0.05) is 12.1 Å². The van der Waals surface area contributed by atoms with Crippen LogP contribution in [-0.4, -0.2) is 47.7 Å². The summed E-state index contributed by atoms with van der Waals surface area (Å²) < 4.78 is 4.54. The minimum Gasteiger partial charge on any atom is -0.508 e. The molecule has 2 rings (SSSR count). The van der Waals surface area contributed by atoms with E-state index in [0.29, 0.717) is 18.8 Å². The standard InChI is InChI=1S/C17H19N3O4/c1-24-16(23)6-5-15(22)20-8-7-13(17(20)19-11-18)9-12-3-2-4-14(21)10-12/h2-4,9-11,18,21H,5-8H2,1H3. The predicted octanol–water partition coefficient (Wildman–Crippen LogP) is 1.97. The molecule has 1 aromatic carbocycles. The van der Waals surface area contributed by atoms with Gasteiger partial charge in [0.05, 0.1) is 13.5 Å². The Morgan fingerprint density at radius 1 is 1.42 bits per heavy atom. The van der Waals surface area contributed by atoms with Crippen LogP contribution in [0, 0.1) is 5.41 Å². The fourth-order valence-electron chi connectivity index (χ4n) is 2.48. The largest absolute Gasteiger partial charge is 0.508 e. The van der Waals surface area contributed by atoms with Gasteiger partial charge in [0.1, 0.15) is 17.9 Å². The molecule has 0 bridgehead atoms. The lowest BCUT2D eigenvalue weighted by Crippen LogP contribution is -2.32. The first kappa shape index (κ1) is 17.4. The third-order valence-electron chi connectivity index (χ3n) is 3.62. The first-order valence-corrected chi connectivity index (χ1v) is 7.49. The number of phenolic OH excluding ortho intramolecular Hbond substituents is 1. The molecule has 0 saturated carbocycles. The van der Waals surface area contributed by atoms with Gasteiger partial charge in [-0.3, -0.25) is 19.9 Å². The number of rotatable bonds is 5. The molecule has 1 fully saturated rings. The fourth-order valence-corrected chi connectivity index (χ4v) is 2.48.